The molecule has 0 atom stereocenters. The lowest BCUT2D eigenvalue weighted by atomic mass is 9.79. The van der Waals surface area contributed by atoms with Crippen LogP contribution in [-0.2, 0) is 10.2 Å². The molecule has 1 aromatic heterocycles. The van der Waals surface area contributed by atoms with Gasteiger partial charge in [0.1, 0.15) is 11.6 Å². The number of benzene rings is 1. The number of amides is 1. The Morgan fingerprint density at radius 3 is 2.59 bits per heavy atom. The van der Waals surface area contributed by atoms with Crippen molar-refractivity contribution >= 4 is 23.5 Å². The van der Waals surface area contributed by atoms with Gasteiger partial charge < -0.3 is 10.2 Å². The number of anilines is 1. The first kappa shape index (κ1) is 19.7. The molecule has 1 fully saturated rings. The Hall–Kier alpha value is -2.08. The number of carbonyl (C=O) groups excluding carboxylic acids is 1. The van der Waals surface area contributed by atoms with Crippen molar-refractivity contribution in [3.05, 3.63) is 47.4 Å². The lowest BCUT2D eigenvalue weighted by Gasteiger charge is -2.39. The largest absolute Gasteiger partial charge is 0.358 e. The van der Waals surface area contributed by atoms with Gasteiger partial charge in [0.15, 0.2) is 0 Å². The summed E-state index contributed by atoms with van der Waals surface area (Å²) in [5, 5.41) is 3.37. The number of carbonyl (C=O) groups is 1. The van der Waals surface area contributed by atoms with Crippen molar-refractivity contribution < 1.29 is 9.18 Å². The van der Waals surface area contributed by atoms with Gasteiger partial charge in [-0.25, -0.2) is 9.37 Å². The van der Waals surface area contributed by atoms with Crippen LogP contribution in [0, 0.1) is 12.7 Å². The fourth-order valence-corrected chi connectivity index (χ4v) is 4.13. The molecule has 1 N–H and O–H groups in total. The Balaban J connectivity index is 2.12. The summed E-state index contributed by atoms with van der Waals surface area (Å²) in [7, 11) is 1.64. The average Bonchev–Trinajstić information content (AvgIpc) is 2.60. The van der Waals surface area contributed by atoms with E-state index in [-0.39, 0.29) is 11.7 Å². The summed E-state index contributed by atoms with van der Waals surface area (Å²) in [6.07, 6.45) is 3.92. The van der Waals surface area contributed by atoms with Crippen LogP contribution < -0.4 is 10.2 Å². The summed E-state index contributed by atoms with van der Waals surface area (Å²) < 4.78 is 13.6. The van der Waals surface area contributed by atoms with Crippen molar-refractivity contribution in [1.82, 2.24) is 10.3 Å². The Bertz CT molecular complexity index is 863. The van der Waals surface area contributed by atoms with E-state index in [1.54, 1.807) is 19.3 Å². The first-order valence-corrected chi connectivity index (χ1v) is 10.3. The average molecular weight is 388 g/mol. The third-order valence-corrected chi connectivity index (χ3v) is 6.31. The predicted octanol–water partition coefficient (Wildman–Crippen LogP) is 3.77. The van der Waals surface area contributed by atoms with Gasteiger partial charge in [0.25, 0.3) is 0 Å². The van der Waals surface area contributed by atoms with Crippen molar-refractivity contribution in [2.75, 3.05) is 31.3 Å². The van der Waals surface area contributed by atoms with Gasteiger partial charge >= 0.3 is 0 Å². The second-order valence-corrected chi connectivity index (χ2v) is 8.65. The molecule has 3 rings (SSSR count). The summed E-state index contributed by atoms with van der Waals surface area (Å²) >= 11 is 1.86. The van der Waals surface area contributed by atoms with Gasteiger partial charge in [0.2, 0.25) is 5.91 Å². The molecule has 0 unspecified atom stereocenters. The highest BCUT2D eigenvalue weighted by Crippen LogP contribution is 2.38. The number of thioether (sulfide) groups is 1. The van der Waals surface area contributed by atoms with Crippen LogP contribution in [0.25, 0.3) is 11.1 Å². The number of halogens is 1. The minimum atomic E-state index is -0.757. The minimum absolute atomic E-state index is 0.0792. The number of aryl methyl sites for hydroxylation is 1. The second kappa shape index (κ2) is 7.50. The van der Waals surface area contributed by atoms with E-state index in [9.17, 15) is 9.18 Å². The van der Waals surface area contributed by atoms with E-state index in [0.717, 1.165) is 41.2 Å². The van der Waals surface area contributed by atoms with Crippen LogP contribution in [0.3, 0.4) is 0 Å². The topological polar surface area (TPSA) is 45.2 Å². The van der Waals surface area contributed by atoms with Gasteiger partial charge in [-0.05, 0) is 67.5 Å². The number of hydrogen-bond acceptors (Lipinski definition) is 4. The smallest absolute Gasteiger partial charge is 0.229 e. The normalized spacial score (nSPS) is 14.8. The number of pyridine rings is 1. The van der Waals surface area contributed by atoms with Crippen molar-refractivity contribution in [1.29, 1.82) is 0 Å². The van der Waals surface area contributed by atoms with Crippen LogP contribution in [0.2, 0.25) is 0 Å². The molecular formula is C21H26FN3OS. The van der Waals surface area contributed by atoms with Gasteiger partial charge in [-0.15, -0.1) is 0 Å². The zero-order chi connectivity index (χ0) is 19.8. The van der Waals surface area contributed by atoms with E-state index < -0.39 is 5.41 Å². The summed E-state index contributed by atoms with van der Waals surface area (Å²) in [6.45, 7) is 7.60. The fourth-order valence-electron chi connectivity index (χ4n) is 3.48. The lowest BCUT2D eigenvalue weighted by Crippen LogP contribution is -2.49. The molecule has 0 radical (unpaired) electrons. The molecule has 1 aliphatic rings. The molecule has 2 aromatic rings. The minimum Gasteiger partial charge on any atom is -0.358 e. The molecule has 0 saturated carbocycles. The predicted molar refractivity (Wildman–Crippen MR) is 111 cm³/mol. The zero-order valence-electron chi connectivity index (χ0n) is 16.5. The maximum absolute atomic E-state index is 13.6. The Morgan fingerprint density at radius 1 is 1.30 bits per heavy atom. The van der Waals surface area contributed by atoms with Crippen LogP contribution in [0.4, 0.5) is 10.2 Å². The number of likely N-dealkylation sites (N-methyl/N-ethyl adjacent to an activating group) is 1. The van der Waals surface area contributed by atoms with Gasteiger partial charge in [0, 0.05) is 31.6 Å². The highest BCUT2D eigenvalue weighted by Gasteiger charge is 2.34. The number of nitrogens with zero attached hydrogens (tertiary/aromatic N) is 2. The quantitative estimate of drug-likeness (QED) is 0.848. The summed E-state index contributed by atoms with van der Waals surface area (Å²) in [4.78, 5) is 19.4. The summed E-state index contributed by atoms with van der Waals surface area (Å²) in [6, 6.07) is 6.82. The molecule has 0 spiro atoms. The van der Waals surface area contributed by atoms with E-state index in [1.165, 1.54) is 12.1 Å². The van der Waals surface area contributed by atoms with Gasteiger partial charge in [-0.2, -0.15) is 11.8 Å². The van der Waals surface area contributed by atoms with E-state index in [1.807, 2.05) is 38.6 Å². The standard InChI is InChI=1S/C21H26FN3OS/c1-13-8-14(22)6-7-16(13)17-9-19(25-11-15(12-25)27-5)24-10-18(17)21(2,3)20(26)23-4/h6-10,15H,11-12H2,1-5H3,(H,23,26). The summed E-state index contributed by atoms with van der Waals surface area (Å²) in [5.41, 5.74) is 2.77. The fraction of sp³-hybridized carbons (Fsp3) is 0.429. The molecule has 4 nitrogen and oxygen atoms in total. The molecule has 6 heteroatoms. The highest BCUT2D eigenvalue weighted by atomic mass is 32.2. The molecule has 1 aliphatic heterocycles. The highest BCUT2D eigenvalue weighted by molar-refractivity contribution is 7.99. The lowest BCUT2D eigenvalue weighted by molar-refractivity contribution is -0.125. The summed E-state index contributed by atoms with van der Waals surface area (Å²) in [5.74, 6) is 0.558. The number of rotatable bonds is 5. The van der Waals surface area contributed by atoms with Crippen LogP contribution in [0.5, 0.6) is 0 Å². The third kappa shape index (κ3) is 3.68. The first-order valence-electron chi connectivity index (χ1n) is 9.05. The molecular weight excluding hydrogens is 361 g/mol. The van der Waals surface area contributed by atoms with Crippen LogP contribution in [0.1, 0.15) is 25.0 Å². The van der Waals surface area contributed by atoms with Crippen LogP contribution in [-0.4, -0.2) is 42.5 Å². The molecule has 1 saturated heterocycles. The van der Waals surface area contributed by atoms with Crippen molar-refractivity contribution in [2.24, 2.45) is 0 Å². The maximum Gasteiger partial charge on any atom is 0.229 e. The molecule has 0 aliphatic carbocycles. The Kier molecular flexibility index (Phi) is 5.47. The SMILES string of the molecule is CNC(=O)C(C)(C)c1cnc(N2CC(SC)C2)cc1-c1ccc(F)cc1C. The third-order valence-electron chi connectivity index (χ3n) is 5.34. The monoisotopic (exact) mass is 387 g/mol. The van der Waals surface area contributed by atoms with E-state index in [0.29, 0.717) is 5.25 Å². The van der Waals surface area contributed by atoms with Gasteiger partial charge in [-0.1, -0.05) is 6.07 Å². The van der Waals surface area contributed by atoms with E-state index in [2.05, 4.69) is 21.5 Å². The number of nitrogens with one attached hydrogen (secondary N) is 1. The van der Waals surface area contributed by atoms with Crippen molar-refractivity contribution in [2.45, 2.75) is 31.4 Å². The van der Waals surface area contributed by atoms with E-state index in [4.69, 9.17) is 0 Å². The number of hydrogen-bond donors (Lipinski definition) is 1. The van der Waals surface area contributed by atoms with Crippen LogP contribution >= 0.6 is 11.8 Å². The van der Waals surface area contributed by atoms with Crippen LogP contribution in [0.15, 0.2) is 30.5 Å². The zero-order valence-corrected chi connectivity index (χ0v) is 17.3. The second-order valence-electron chi connectivity index (χ2n) is 7.51. The molecule has 1 amide bonds. The molecule has 0 bridgehead atoms. The number of aromatic nitrogens is 1. The maximum atomic E-state index is 13.6. The van der Waals surface area contributed by atoms with Gasteiger partial charge in [0.05, 0.1) is 5.41 Å². The van der Waals surface area contributed by atoms with E-state index >= 15 is 0 Å². The molecule has 27 heavy (non-hydrogen) atoms. The van der Waals surface area contributed by atoms with Crippen molar-refractivity contribution in [3.63, 3.8) is 0 Å². The molecule has 2 heterocycles. The molecule has 144 valence electrons. The Labute approximate surface area is 164 Å². The first-order chi connectivity index (χ1) is 12.8. The molecule has 1 aromatic carbocycles. The Morgan fingerprint density at radius 2 is 2.00 bits per heavy atom. The van der Waals surface area contributed by atoms with Gasteiger partial charge in [-0.3, -0.25) is 4.79 Å². The van der Waals surface area contributed by atoms with Crippen molar-refractivity contribution in [3.8, 4) is 11.1 Å².